The lowest BCUT2D eigenvalue weighted by Gasteiger charge is -2.14. The van der Waals surface area contributed by atoms with Crippen LogP contribution in [0.1, 0.15) is 24.1 Å². The average molecular weight is 369 g/mol. The van der Waals surface area contributed by atoms with E-state index in [1.165, 1.54) is 20.3 Å². The fourth-order valence-corrected chi connectivity index (χ4v) is 2.49. The Morgan fingerprint density at radius 1 is 1.04 bits per heavy atom. The number of carbonyl (C=O) groups excluding carboxylic acids is 2. The second kappa shape index (κ2) is 10.0. The molecule has 0 heterocycles. The fourth-order valence-electron chi connectivity index (χ4n) is 2.49. The predicted molar refractivity (Wildman–Crippen MR) is 103 cm³/mol. The Kier molecular flexibility index (Phi) is 7.43. The van der Waals surface area contributed by atoms with Crippen LogP contribution < -0.4 is 14.8 Å². The van der Waals surface area contributed by atoms with Crippen molar-refractivity contribution in [3.8, 4) is 11.5 Å². The Morgan fingerprint density at radius 2 is 1.78 bits per heavy atom. The number of esters is 1. The highest BCUT2D eigenvalue weighted by Crippen LogP contribution is 2.31. The first-order valence-electron chi connectivity index (χ1n) is 8.45. The molecule has 0 radical (unpaired) electrons. The van der Waals surface area contributed by atoms with Crippen LogP contribution in [-0.4, -0.2) is 32.7 Å². The van der Waals surface area contributed by atoms with Gasteiger partial charge in [-0.05, 0) is 24.6 Å². The van der Waals surface area contributed by atoms with Crippen LogP contribution in [0.25, 0.3) is 6.08 Å². The molecule has 0 aliphatic rings. The normalized spacial score (nSPS) is 11.7. The summed E-state index contributed by atoms with van der Waals surface area (Å²) in [6, 6.07) is 14.7. The Balaban J connectivity index is 1.87. The van der Waals surface area contributed by atoms with E-state index in [1.54, 1.807) is 24.3 Å². The number of carbonyl (C=O) groups is 2. The highest BCUT2D eigenvalue weighted by Gasteiger charge is 2.11. The molecule has 0 saturated carbocycles. The largest absolute Gasteiger partial charge is 0.493 e. The van der Waals surface area contributed by atoms with E-state index in [4.69, 9.17) is 14.2 Å². The molecule has 2 aromatic carbocycles. The first-order valence-corrected chi connectivity index (χ1v) is 8.45. The van der Waals surface area contributed by atoms with E-state index in [1.807, 2.05) is 37.3 Å². The van der Waals surface area contributed by atoms with Crippen LogP contribution in [-0.2, 0) is 14.3 Å². The van der Waals surface area contributed by atoms with Gasteiger partial charge in [-0.3, -0.25) is 4.79 Å². The van der Waals surface area contributed by atoms with Crippen molar-refractivity contribution in [1.29, 1.82) is 0 Å². The van der Waals surface area contributed by atoms with E-state index in [-0.39, 0.29) is 18.6 Å². The Hall–Kier alpha value is -3.28. The van der Waals surface area contributed by atoms with Gasteiger partial charge in [0.2, 0.25) is 0 Å². The molecular formula is C21H23NO5. The summed E-state index contributed by atoms with van der Waals surface area (Å²) in [5, 5.41) is 2.78. The molecule has 0 spiro atoms. The maximum absolute atomic E-state index is 11.9. The molecule has 0 saturated heterocycles. The molecule has 1 amide bonds. The first kappa shape index (κ1) is 20.0. The zero-order valence-corrected chi connectivity index (χ0v) is 15.6. The number of ether oxygens (including phenoxy) is 3. The topological polar surface area (TPSA) is 73.9 Å². The van der Waals surface area contributed by atoms with Crippen molar-refractivity contribution >= 4 is 18.0 Å². The molecule has 2 rings (SSSR count). The molecule has 0 bridgehead atoms. The zero-order valence-electron chi connectivity index (χ0n) is 15.6. The van der Waals surface area contributed by atoms with Crippen LogP contribution in [0, 0.1) is 0 Å². The summed E-state index contributed by atoms with van der Waals surface area (Å²) in [6.45, 7) is 1.51. The van der Waals surface area contributed by atoms with Crippen molar-refractivity contribution in [3.05, 3.63) is 65.7 Å². The molecule has 2 aromatic rings. The van der Waals surface area contributed by atoms with E-state index >= 15 is 0 Å². The fraction of sp³-hybridized carbons (Fsp3) is 0.238. The molecule has 0 aliphatic carbocycles. The monoisotopic (exact) mass is 369 g/mol. The van der Waals surface area contributed by atoms with E-state index in [0.29, 0.717) is 17.1 Å². The standard InChI is InChI=1S/C21H23NO5/c1-15(16-8-5-4-6-9-16)22-19(23)14-27-20(24)13-12-17-10-7-11-18(25-2)21(17)26-3/h4-13,15H,14H2,1-3H3,(H,22,23)/b13-12+/t15-/m0/s1. The minimum atomic E-state index is -0.623. The van der Waals surface area contributed by atoms with E-state index in [9.17, 15) is 9.59 Å². The first-order chi connectivity index (χ1) is 13.0. The summed E-state index contributed by atoms with van der Waals surface area (Å²) in [5.41, 5.74) is 1.64. The third-order valence-electron chi connectivity index (χ3n) is 3.85. The second-order valence-corrected chi connectivity index (χ2v) is 5.72. The van der Waals surface area contributed by atoms with E-state index in [0.717, 1.165) is 5.56 Å². The summed E-state index contributed by atoms with van der Waals surface area (Å²) in [7, 11) is 3.06. The SMILES string of the molecule is COc1cccc(/C=C/C(=O)OCC(=O)N[C@@H](C)c2ccccc2)c1OC. The number of rotatable bonds is 8. The minimum Gasteiger partial charge on any atom is -0.493 e. The van der Waals surface area contributed by atoms with Crippen LogP contribution in [0.4, 0.5) is 0 Å². The lowest BCUT2D eigenvalue weighted by Crippen LogP contribution is -2.30. The number of methoxy groups -OCH3 is 2. The van der Waals surface area contributed by atoms with Gasteiger partial charge in [0, 0.05) is 11.6 Å². The van der Waals surface area contributed by atoms with Gasteiger partial charge in [-0.2, -0.15) is 0 Å². The van der Waals surface area contributed by atoms with Crippen molar-refractivity contribution in [2.45, 2.75) is 13.0 Å². The van der Waals surface area contributed by atoms with E-state index in [2.05, 4.69) is 5.32 Å². The Bertz CT molecular complexity index is 801. The van der Waals surface area contributed by atoms with Gasteiger partial charge < -0.3 is 19.5 Å². The quantitative estimate of drug-likeness (QED) is 0.572. The van der Waals surface area contributed by atoms with Crippen molar-refractivity contribution in [1.82, 2.24) is 5.32 Å². The molecule has 6 heteroatoms. The van der Waals surface area contributed by atoms with Crippen molar-refractivity contribution < 1.29 is 23.8 Å². The van der Waals surface area contributed by atoms with Gasteiger partial charge in [0.15, 0.2) is 18.1 Å². The maximum Gasteiger partial charge on any atom is 0.331 e. The van der Waals surface area contributed by atoms with Crippen molar-refractivity contribution in [3.63, 3.8) is 0 Å². The lowest BCUT2D eigenvalue weighted by atomic mass is 10.1. The van der Waals surface area contributed by atoms with Crippen LogP contribution in [0.5, 0.6) is 11.5 Å². The highest BCUT2D eigenvalue weighted by molar-refractivity contribution is 5.90. The lowest BCUT2D eigenvalue weighted by molar-refractivity contribution is -0.144. The molecule has 142 valence electrons. The Labute approximate surface area is 158 Å². The van der Waals surface area contributed by atoms with Gasteiger partial charge in [0.1, 0.15) is 0 Å². The highest BCUT2D eigenvalue weighted by atomic mass is 16.5. The number of hydrogen-bond donors (Lipinski definition) is 1. The van der Waals surface area contributed by atoms with Crippen LogP contribution in [0.15, 0.2) is 54.6 Å². The second-order valence-electron chi connectivity index (χ2n) is 5.72. The molecule has 27 heavy (non-hydrogen) atoms. The maximum atomic E-state index is 11.9. The molecule has 0 fully saturated rings. The number of benzene rings is 2. The van der Waals surface area contributed by atoms with Gasteiger partial charge in [-0.15, -0.1) is 0 Å². The van der Waals surface area contributed by atoms with Gasteiger partial charge >= 0.3 is 5.97 Å². The molecule has 0 aliphatic heterocycles. The smallest absolute Gasteiger partial charge is 0.331 e. The summed E-state index contributed by atoms with van der Waals surface area (Å²) in [6.07, 6.45) is 2.79. The van der Waals surface area contributed by atoms with Crippen LogP contribution in [0.2, 0.25) is 0 Å². The number of nitrogens with one attached hydrogen (secondary N) is 1. The summed E-state index contributed by atoms with van der Waals surface area (Å²) in [5.74, 6) is 0.0789. The molecule has 0 aromatic heterocycles. The van der Waals surface area contributed by atoms with Gasteiger partial charge in [0.05, 0.1) is 20.3 Å². The molecule has 0 unspecified atom stereocenters. The van der Waals surface area contributed by atoms with Gasteiger partial charge in [-0.25, -0.2) is 4.79 Å². The number of amides is 1. The van der Waals surface area contributed by atoms with E-state index < -0.39 is 5.97 Å². The minimum absolute atomic E-state index is 0.172. The summed E-state index contributed by atoms with van der Waals surface area (Å²) >= 11 is 0. The number of para-hydroxylation sites is 1. The van der Waals surface area contributed by atoms with Gasteiger partial charge in [-0.1, -0.05) is 42.5 Å². The summed E-state index contributed by atoms with van der Waals surface area (Å²) in [4.78, 5) is 23.8. The third kappa shape index (κ3) is 5.88. The third-order valence-corrected chi connectivity index (χ3v) is 3.85. The predicted octanol–water partition coefficient (Wildman–Crippen LogP) is 3.14. The average Bonchev–Trinajstić information content (AvgIpc) is 2.70. The molecule has 1 atom stereocenters. The van der Waals surface area contributed by atoms with Crippen molar-refractivity contribution in [2.24, 2.45) is 0 Å². The summed E-state index contributed by atoms with van der Waals surface area (Å²) < 4.78 is 15.5. The van der Waals surface area contributed by atoms with Crippen LogP contribution in [0.3, 0.4) is 0 Å². The zero-order chi connectivity index (χ0) is 19.6. The molecular weight excluding hydrogens is 346 g/mol. The number of hydrogen-bond acceptors (Lipinski definition) is 5. The molecule has 6 nitrogen and oxygen atoms in total. The Morgan fingerprint density at radius 3 is 2.44 bits per heavy atom. The van der Waals surface area contributed by atoms with Crippen LogP contribution >= 0.6 is 0 Å². The molecule has 1 N–H and O–H groups in total. The van der Waals surface area contributed by atoms with Gasteiger partial charge in [0.25, 0.3) is 5.91 Å². The van der Waals surface area contributed by atoms with Crippen molar-refractivity contribution in [2.75, 3.05) is 20.8 Å².